The third-order valence-electron chi connectivity index (χ3n) is 2.61. The summed E-state index contributed by atoms with van der Waals surface area (Å²) in [5.41, 5.74) is 0.986. The van der Waals surface area contributed by atoms with Crippen molar-refractivity contribution >= 4 is 23.1 Å². The van der Waals surface area contributed by atoms with Crippen molar-refractivity contribution in [3.63, 3.8) is 0 Å². The van der Waals surface area contributed by atoms with Crippen LogP contribution in [0, 0.1) is 20.8 Å². The summed E-state index contributed by atoms with van der Waals surface area (Å²) in [7, 11) is 0. The van der Waals surface area contributed by atoms with E-state index in [4.69, 9.17) is 4.42 Å². The number of rotatable bonds is 6. The molecule has 1 N–H and O–H groups in total. The van der Waals surface area contributed by atoms with Crippen molar-refractivity contribution in [3.05, 3.63) is 33.3 Å². The summed E-state index contributed by atoms with van der Waals surface area (Å²) in [6.07, 6.45) is 0. The molecule has 0 amide bonds. The fraction of sp³-hybridized carbons (Fsp3) is 0.462. The number of nitrogens with zero attached hydrogens (tertiary/aromatic N) is 1. The van der Waals surface area contributed by atoms with Gasteiger partial charge in [-0.15, -0.1) is 11.3 Å². The van der Waals surface area contributed by atoms with E-state index in [9.17, 15) is 0 Å². The predicted octanol–water partition coefficient (Wildman–Crippen LogP) is 3.54. The van der Waals surface area contributed by atoms with Crippen LogP contribution in [0.15, 0.2) is 21.8 Å². The molecular formula is C13H18N2OS2. The van der Waals surface area contributed by atoms with Crippen molar-refractivity contribution < 1.29 is 4.42 Å². The Balaban J connectivity index is 1.64. The molecule has 0 spiro atoms. The van der Waals surface area contributed by atoms with Gasteiger partial charge in [0.15, 0.2) is 0 Å². The van der Waals surface area contributed by atoms with Crippen LogP contribution in [0.2, 0.25) is 0 Å². The molecule has 0 saturated heterocycles. The molecule has 2 heterocycles. The average Bonchev–Trinajstić information content (AvgIpc) is 2.86. The number of nitrogens with one attached hydrogen (secondary N) is 1. The summed E-state index contributed by atoms with van der Waals surface area (Å²) in [6.45, 7) is 7.96. The lowest BCUT2D eigenvalue weighted by molar-refractivity contribution is 0.431. The van der Waals surface area contributed by atoms with Gasteiger partial charge < -0.3 is 9.73 Å². The molecule has 3 nitrogen and oxygen atoms in total. The van der Waals surface area contributed by atoms with Gasteiger partial charge in [0.2, 0.25) is 0 Å². The standard InChI is InChI=1S/C13H18N2OS2/c1-9-4-5-12(18-9)8-14-6-7-17-13-15-10(2)11(3)16-13/h4-5,14H,6-8H2,1-3H3. The molecule has 0 saturated carbocycles. The van der Waals surface area contributed by atoms with Gasteiger partial charge in [-0.25, -0.2) is 4.98 Å². The lowest BCUT2D eigenvalue weighted by atomic mass is 10.4. The van der Waals surface area contributed by atoms with E-state index in [0.29, 0.717) is 0 Å². The maximum absolute atomic E-state index is 5.51. The number of aryl methyl sites for hydroxylation is 3. The number of oxazole rings is 1. The number of thioether (sulfide) groups is 1. The highest BCUT2D eigenvalue weighted by Gasteiger charge is 2.05. The molecule has 0 aliphatic rings. The van der Waals surface area contributed by atoms with Gasteiger partial charge in [0.05, 0.1) is 5.69 Å². The molecule has 0 aromatic carbocycles. The van der Waals surface area contributed by atoms with Crippen LogP contribution in [0.25, 0.3) is 0 Å². The van der Waals surface area contributed by atoms with Gasteiger partial charge in [-0.2, -0.15) is 0 Å². The van der Waals surface area contributed by atoms with E-state index in [2.05, 4.69) is 29.4 Å². The minimum Gasteiger partial charge on any atom is -0.437 e. The monoisotopic (exact) mass is 282 g/mol. The molecule has 0 aliphatic heterocycles. The highest BCUT2D eigenvalue weighted by Crippen LogP contribution is 2.19. The molecule has 18 heavy (non-hydrogen) atoms. The summed E-state index contributed by atoms with van der Waals surface area (Å²) >= 11 is 3.51. The smallest absolute Gasteiger partial charge is 0.256 e. The van der Waals surface area contributed by atoms with Crippen LogP contribution >= 0.6 is 23.1 Å². The summed E-state index contributed by atoms with van der Waals surface area (Å²) in [4.78, 5) is 7.10. The number of hydrogen-bond acceptors (Lipinski definition) is 5. The molecule has 2 aromatic rings. The molecular weight excluding hydrogens is 264 g/mol. The lowest BCUT2D eigenvalue weighted by Crippen LogP contribution is -2.15. The van der Waals surface area contributed by atoms with Gasteiger partial charge in [0, 0.05) is 28.6 Å². The third kappa shape index (κ3) is 3.86. The normalized spacial score (nSPS) is 11.1. The van der Waals surface area contributed by atoms with Crippen molar-refractivity contribution in [2.75, 3.05) is 12.3 Å². The van der Waals surface area contributed by atoms with Crippen LogP contribution in [0.4, 0.5) is 0 Å². The molecule has 0 aliphatic carbocycles. The molecule has 98 valence electrons. The van der Waals surface area contributed by atoms with Crippen molar-refractivity contribution in [2.24, 2.45) is 0 Å². The first-order chi connectivity index (χ1) is 8.65. The molecule has 0 unspecified atom stereocenters. The molecule has 0 atom stereocenters. The SMILES string of the molecule is Cc1ccc(CNCCSc2nc(C)c(C)o2)s1. The molecule has 0 fully saturated rings. The van der Waals surface area contributed by atoms with E-state index in [1.165, 1.54) is 9.75 Å². The highest BCUT2D eigenvalue weighted by molar-refractivity contribution is 7.99. The Labute approximate surface area is 116 Å². The lowest BCUT2D eigenvalue weighted by Gasteiger charge is -2.00. The second-order valence-corrected chi connectivity index (χ2v) is 6.58. The minimum absolute atomic E-state index is 0.777. The Kier molecular flexibility index (Phi) is 4.86. The quantitative estimate of drug-likeness (QED) is 0.649. The molecule has 2 aromatic heterocycles. The summed E-state index contributed by atoms with van der Waals surface area (Å²) in [5, 5.41) is 4.20. The Bertz CT molecular complexity index is 485. The minimum atomic E-state index is 0.777. The van der Waals surface area contributed by atoms with Crippen LogP contribution in [0.1, 0.15) is 21.2 Å². The van der Waals surface area contributed by atoms with E-state index in [0.717, 1.165) is 35.5 Å². The topological polar surface area (TPSA) is 38.1 Å². The molecule has 0 bridgehead atoms. The fourth-order valence-corrected chi connectivity index (χ4v) is 3.17. The van der Waals surface area contributed by atoms with Crippen LogP contribution in [0.3, 0.4) is 0 Å². The molecule has 5 heteroatoms. The van der Waals surface area contributed by atoms with E-state index in [1.807, 2.05) is 25.2 Å². The first-order valence-corrected chi connectivity index (χ1v) is 7.78. The Morgan fingerprint density at radius 2 is 2.17 bits per heavy atom. The Morgan fingerprint density at radius 3 is 2.78 bits per heavy atom. The van der Waals surface area contributed by atoms with Gasteiger partial charge in [-0.3, -0.25) is 0 Å². The number of hydrogen-bond donors (Lipinski definition) is 1. The Hall–Kier alpha value is -0.780. The summed E-state index contributed by atoms with van der Waals surface area (Å²) in [6, 6.07) is 4.34. The molecule has 2 rings (SSSR count). The van der Waals surface area contributed by atoms with Crippen LogP contribution < -0.4 is 5.32 Å². The molecule has 0 radical (unpaired) electrons. The van der Waals surface area contributed by atoms with Gasteiger partial charge in [-0.1, -0.05) is 11.8 Å². The van der Waals surface area contributed by atoms with Crippen molar-refractivity contribution in [1.82, 2.24) is 10.3 Å². The first kappa shape index (κ1) is 13.6. The van der Waals surface area contributed by atoms with Crippen LogP contribution in [0.5, 0.6) is 0 Å². The zero-order valence-electron chi connectivity index (χ0n) is 10.9. The summed E-state index contributed by atoms with van der Waals surface area (Å²) < 4.78 is 5.51. The van der Waals surface area contributed by atoms with Gasteiger partial charge in [-0.05, 0) is 32.9 Å². The predicted molar refractivity (Wildman–Crippen MR) is 77.5 cm³/mol. The van der Waals surface area contributed by atoms with Crippen molar-refractivity contribution in [3.8, 4) is 0 Å². The fourth-order valence-electron chi connectivity index (χ4n) is 1.51. The third-order valence-corrected chi connectivity index (χ3v) is 4.44. The van der Waals surface area contributed by atoms with Gasteiger partial charge in [0.1, 0.15) is 5.76 Å². The van der Waals surface area contributed by atoms with E-state index < -0.39 is 0 Å². The summed E-state index contributed by atoms with van der Waals surface area (Å²) in [5.74, 6) is 1.89. The maximum Gasteiger partial charge on any atom is 0.256 e. The zero-order valence-corrected chi connectivity index (χ0v) is 12.6. The van der Waals surface area contributed by atoms with Crippen molar-refractivity contribution in [2.45, 2.75) is 32.5 Å². The van der Waals surface area contributed by atoms with Gasteiger partial charge >= 0.3 is 0 Å². The number of aromatic nitrogens is 1. The maximum atomic E-state index is 5.51. The zero-order chi connectivity index (χ0) is 13.0. The second-order valence-electron chi connectivity index (χ2n) is 4.16. The number of thiophene rings is 1. The second kappa shape index (κ2) is 6.41. The van der Waals surface area contributed by atoms with Crippen LogP contribution in [-0.4, -0.2) is 17.3 Å². The van der Waals surface area contributed by atoms with E-state index >= 15 is 0 Å². The largest absolute Gasteiger partial charge is 0.437 e. The van der Waals surface area contributed by atoms with Gasteiger partial charge in [0.25, 0.3) is 5.22 Å². The highest BCUT2D eigenvalue weighted by atomic mass is 32.2. The van der Waals surface area contributed by atoms with E-state index in [1.54, 1.807) is 11.8 Å². The first-order valence-electron chi connectivity index (χ1n) is 5.98. The van der Waals surface area contributed by atoms with Crippen molar-refractivity contribution in [1.29, 1.82) is 0 Å². The average molecular weight is 282 g/mol. The van der Waals surface area contributed by atoms with Crippen LogP contribution in [-0.2, 0) is 6.54 Å². The Morgan fingerprint density at radius 1 is 1.33 bits per heavy atom. The van der Waals surface area contributed by atoms with E-state index in [-0.39, 0.29) is 0 Å².